The number of benzene rings is 1. The van der Waals surface area contributed by atoms with E-state index in [2.05, 4.69) is 4.98 Å². The highest BCUT2D eigenvalue weighted by molar-refractivity contribution is 7.18. The molecule has 3 rings (SSSR count). The van der Waals surface area contributed by atoms with Crippen LogP contribution in [0.1, 0.15) is 24.3 Å². The van der Waals surface area contributed by atoms with Crippen LogP contribution in [0.25, 0.3) is 10.2 Å². The Kier molecular flexibility index (Phi) is 2.76. The fourth-order valence-corrected chi connectivity index (χ4v) is 3.17. The summed E-state index contributed by atoms with van der Waals surface area (Å²) in [7, 11) is 0. The summed E-state index contributed by atoms with van der Waals surface area (Å²) in [5.74, 6) is 0.840. The number of aliphatic hydroxyl groups excluding tert-OH is 1. The predicted octanol–water partition coefficient (Wildman–Crippen LogP) is 2.90. The Morgan fingerprint density at radius 1 is 1.41 bits per heavy atom. The molecule has 1 saturated carbocycles. The molecule has 1 heterocycles. The molecule has 1 aromatic heterocycles. The van der Waals surface area contributed by atoms with Crippen LogP contribution in [0.2, 0.25) is 0 Å². The van der Waals surface area contributed by atoms with E-state index < -0.39 is 0 Å². The van der Waals surface area contributed by atoms with Gasteiger partial charge in [0, 0.05) is 0 Å². The van der Waals surface area contributed by atoms with E-state index in [1.54, 1.807) is 11.3 Å². The lowest BCUT2D eigenvalue weighted by molar-refractivity contribution is 0.0605. The van der Waals surface area contributed by atoms with Gasteiger partial charge in [-0.1, -0.05) is 0 Å². The number of aromatic nitrogens is 1. The largest absolute Gasteiger partial charge is 0.488 e. The van der Waals surface area contributed by atoms with Crippen molar-refractivity contribution in [2.45, 2.75) is 38.4 Å². The molecule has 17 heavy (non-hydrogen) atoms. The first-order valence-electron chi connectivity index (χ1n) is 5.94. The molecule has 0 saturated heterocycles. The fourth-order valence-electron chi connectivity index (χ4n) is 2.31. The molecule has 2 atom stereocenters. The standard InChI is InChI=1S/C13H15NO2S/c1-8-14-10-6-5-9(7-13(10)17-8)16-12-4-2-3-11(12)15/h5-7,11-12,15H,2-4H2,1H3. The lowest BCUT2D eigenvalue weighted by atomic mass is 10.2. The van der Waals surface area contributed by atoms with Crippen LogP contribution >= 0.6 is 11.3 Å². The van der Waals surface area contributed by atoms with Crippen molar-refractivity contribution >= 4 is 21.6 Å². The molecular weight excluding hydrogens is 234 g/mol. The van der Waals surface area contributed by atoms with Crippen LogP contribution in [-0.4, -0.2) is 22.3 Å². The van der Waals surface area contributed by atoms with Crippen LogP contribution in [0.5, 0.6) is 5.75 Å². The summed E-state index contributed by atoms with van der Waals surface area (Å²) in [4.78, 5) is 4.41. The first-order chi connectivity index (χ1) is 8.22. The first-order valence-corrected chi connectivity index (χ1v) is 6.76. The minimum Gasteiger partial charge on any atom is -0.488 e. The number of aryl methyl sites for hydroxylation is 1. The number of rotatable bonds is 2. The summed E-state index contributed by atoms with van der Waals surface area (Å²) in [6.45, 7) is 2.01. The van der Waals surface area contributed by atoms with Gasteiger partial charge < -0.3 is 9.84 Å². The van der Waals surface area contributed by atoms with Crippen molar-refractivity contribution in [1.82, 2.24) is 4.98 Å². The predicted molar refractivity (Wildman–Crippen MR) is 68.6 cm³/mol. The molecule has 1 aliphatic carbocycles. The Hall–Kier alpha value is -1.13. The topological polar surface area (TPSA) is 42.4 Å². The van der Waals surface area contributed by atoms with E-state index >= 15 is 0 Å². The van der Waals surface area contributed by atoms with Crippen LogP contribution in [0.3, 0.4) is 0 Å². The van der Waals surface area contributed by atoms with Crippen LogP contribution in [0, 0.1) is 6.92 Å². The van der Waals surface area contributed by atoms with Gasteiger partial charge in [-0.15, -0.1) is 11.3 Å². The smallest absolute Gasteiger partial charge is 0.124 e. The summed E-state index contributed by atoms with van der Waals surface area (Å²) < 4.78 is 6.98. The third-order valence-electron chi connectivity index (χ3n) is 3.17. The van der Waals surface area contributed by atoms with Crippen molar-refractivity contribution in [3.8, 4) is 5.75 Å². The van der Waals surface area contributed by atoms with E-state index in [0.717, 1.165) is 40.2 Å². The SMILES string of the molecule is Cc1nc2ccc(OC3CCCC3O)cc2s1. The summed E-state index contributed by atoms with van der Waals surface area (Å²) >= 11 is 1.67. The molecule has 4 heteroatoms. The van der Waals surface area contributed by atoms with Gasteiger partial charge in [-0.2, -0.15) is 0 Å². The van der Waals surface area contributed by atoms with Crippen molar-refractivity contribution in [3.63, 3.8) is 0 Å². The monoisotopic (exact) mass is 249 g/mol. The van der Waals surface area contributed by atoms with Crippen molar-refractivity contribution in [1.29, 1.82) is 0 Å². The van der Waals surface area contributed by atoms with Gasteiger partial charge >= 0.3 is 0 Å². The molecule has 0 spiro atoms. The van der Waals surface area contributed by atoms with Gasteiger partial charge in [0.1, 0.15) is 11.9 Å². The van der Waals surface area contributed by atoms with Crippen molar-refractivity contribution in [3.05, 3.63) is 23.2 Å². The fraction of sp³-hybridized carbons (Fsp3) is 0.462. The van der Waals surface area contributed by atoms with Crippen LogP contribution in [-0.2, 0) is 0 Å². The van der Waals surface area contributed by atoms with Gasteiger partial charge in [0.25, 0.3) is 0 Å². The van der Waals surface area contributed by atoms with Crippen molar-refractivity contribution < 1.29 is 9.84 Å². The molecule has 0 radical (unpaired) electrons. The minimum atomic E-state index is -0.311. The zero-order chi connectivity index (χ0) is 11.8. The summed E-state index contributed by atoms with van der Waals surface area (Å²) in [5.41, 5.74) is 1.02. The molecule has 0 bridgehead atoms. The van der Waals surface area contributed by atoms with E-state index in [1.165, 1.54) is 0 Å². The number of thiazole rings is 1. The number of fused-ring (bicyclic) bond motifs is 1. The third-order valence-corrected chi connectivity index (χ3v) is 4.11. The molecular formula is C13H15NO2S. The molecule has 2 unspecified atom stereocenters. The van der Waals surface area contributed by atoms with E-state index in [0.29, 0.717) is 0 Å². The average molecular weight is 249 g/mol. The van der Waals surface area contributed by atoms with Crippen molar-refractivity contribution in [2.24, 2.45) is 0 Å². The number of aliphatic hydroxyl groups is 1. The highest BCUT2D eigenvalue weighted by Gasteiger charge is 2.26. The molecule has 1 N–H and O–H groups in total. The minimum absolute atomic E-state index is 0.0403. The number of ether oxygens (including phenoxy) is 1. The molecule has 2 aromatic rings. The maximum atomic E-state index is 9.73. The molecule has 1 fully saturated rings. The second-order valence-electron chi connectivity index (χ2n) is 4.52. The highest BCUT2D eigenvalue weighted by Crippen LogP contribution is 2.29. The normalized spacial score (nSPS) is 24.4. The van der Waals surface area contributed by atoms with Gasteiger partial charge in [-0.05, 0) is 44.4 Å². The Balaban J connectivity index is 1.85. The van der Waals surface area contributed by atoms with E-state index in [-0.39, 0.29) is 12.2 Å². The lowest BCUT2D eigenvalue weighted by Gasteiger charge is -2.16. The third kappa shape index (κ3) is 2.15. The summed E-state index contributed by atoms with van der Waals surface area (Å²) in [5, 5.41) is 10.8. The molecule has 1 aliphatic rings. The number of nitrogens with zero attached hydrogens (tertiary/aromatic N) is 1. The zero-order valence-corrected chi connectivity index (χ0v) is 10.5. The average Bonchev–Trinajstić information content (AvgIpc) is 2.84. The van der Waals surface area contributed by atoms with Gasteiger partial charge in [-0.25, -0.2) is 4.98 Å². The Labute approximate surface area is 104 Å². The van der Waals surface area contributed by atoms with Gasteiger partial charge in [0.15, 0.2) is 0 Å². The van der Waals surface area contributed by atoms with Crippen molar-refractivity contribution in [2.75, 3.05) is 0 Å². The van der Waals surface area contributed by atoms with Crippen LogP contribution in [0.4, 0.5) is 0 Å². The van der Waals surface area contributed by atoms with Gasteiger partial charge in [-0.3, -0.25) is 0 Å². The van der Waals surface area contributed by atoms with Crippen LogP contribution < -0.4 is 4.74 Å². The molecule has 90 valence electrons. The molecule has 0 aliphatic heterocycles. The Morgan fingerprint density at radius 2 is 2.29 bits per heavy atom. The van der Waals surface area contributed by atoms with Gasteiger partial charge in [0.2, 0.25) is 0 Å². The molecule has 0 amide bonds. The zero-order valence-electron chi connectivity index (χ0n) is 9.72. The van der Waals surface area contributed by atoms with E-state index in [9.17, 15) is 5.11 Å². The second kappa shape index (κ2) is 4.27. The summed E-state index contributed by atoms with van der Waals surface area (Å²) in [6, 6.07) is 5.94. The Morgan fingerprint density at radius 3 is 3.06 bits per heavy atom. The molecule has 3 nitrogen and oxygen atoms in total. The van der Waals surface area contributed by atoms with E-state index in [4.69, 9.17) is 4.74 Å². The quantitative estimate of drug-likeness (QED) is 0.890. The van der Waals surface area contributed by atoms with Crippen LogP contribution in [0.15, 0.2) is 18.2 Å². The summed E-state index contributed by atoms with van der Waals surface area (Å²) in [6.07, 6.45) is 2.50. The highest BCUT2D eigenvalue weighted by atomic mass is 32.1. The maximum Gasteiger partial charge on any atom is 0.124 e. The maximum absolute atomic E-state index is 9.73. The Bertz CT molecular complexity index is 537. The molecule has 1 aromatic carbocycles. The number of hydrogen-bond donors (Lipinski definition) is 1. The second-order valence-corrected chi connectivity index (χ2v) is 5.75. The van der Waals surface area contributed by atoms with Gasteiger partial charge in [0.05, 0.1) is 21.3 Å². The number of hydrogen-bond acceptors (Lipinski definition) is 4. The lowest BCUT2D eigenvalue weighted by Crippen LogP contribution is -2.25. The van der Waals surface area contributed by atoms with E-state index in [1.807, 2.05) is 25.1 Å². The first kappa shape index (κ1) is 11.0.